The lowest BCUT2D eigenvalue weighted by atomic mass is 9.93. The van der Waals surface area contributed by atoms with Gasteiger partial charge >= 0.3 is 0 Å². The van der Waals surface area contributed by atoms with Crippen molar-refractivity contribution in [3.63, 3.8) is 0 Å². The molecule has 1 heterocycles. The fraction of sp³-hybridized carbons (Fsp3) is 0.588. The third kappa shape index (κ3) is 5.03. The van der Waals surface area contributed by atoms with Crippen LogP contribution in [-0.2, 0) is 21.4 Å². The summed E-state index contributed by atoms with van der Waals surface area (Å²) in [4.78, 5) is 12.3. The van der Waals surface area contributed by atoms with Gasteiger partial charge in [-0.05, 0) is 49.9 Å². The summed E-state index contributed by atoms with van der Waals surface area (Å²) in [5.74, 6) is 0.587. The molecule has 0 spiro atoms. The number of nitrogens with zero attached hydrogens (tertiary/aromatic N) is 1. The minimum absolute atomic E-state index is 0.0226. The maximum Gasteiger partial charge on any atom is 0.242 e. The lowest BCUT2D eigenvalue weighted by Crippen LogP contribution is -2.30. The van der Waals surface area contributed by atoms with Gasteiger partial charge in [-0.1, -0.05) is 18.2 Å². The molecule has 134 valence electrons. The van der Waals surface area contributed by atoms with E-state index in [1.54, 1.807) is 24.3 Å². The van der Waals surface area contributed by atoms with E-state index < -0.39 is 10.0 Å². The zero-order chi connectivity index (χ0) is 17.6. The van der Waals surface area contributed by atoms with Gasteiger partial charge in [0.25, 0.3) is 0 Å². The molecule has 0 saturated carbocycles. The van der Waals surface area contributed by atoms with Gasteiger partial charge in [-0.15, -0.1) is 0 Å². The van der Waals surface area contributed by atoms with E-state index in [0.29, 0.717) is 17.9 Å². The predicted octanol–water partition coefficient (Wildman–Crippen LogP) is 1.33. The first-order valence-corrected chi connectivity index (χ1v) is 9.83. The summed E-state index contributed by atoms with van der Waals surface area (Å²) in [6.45, 7) is 2.29. The molecule has 0 radical (unpaired) electrons. The highest BCUT2D eigenvalue weighted by Crippen LogP contribution is 2.19. The Hall–Kier alpha value is -1.44. The van der Waals surface area contributed by atoms with Crippen molar-refractivity contribution in [2.24, 2.45) is 5.92 Å². The molecule has 0 atom stereocenters. The van der Waals surface area contributed by atoms with E-state index in [2.05, 4.69) is 10.6 Å². The predicted molar refractivity (Wildman–Crippen MR) is 94.0 cm³/mol. The monoisotopic (exact) mass is 353 g/mol. The number of benzene rings is 1. The molecule has 2 N–H and O–H groups in total. The van der Waals surface area contributed by atoms with Crippen molar-refractivity contribution in [3.05, 3.63) is 29.8 Å². The highest BCUT2D eigenvalue weighted by Gasteiger charge is 2.21. The Kier molecular flexibility index (Phi) is 6.77. The molecule has 0 aromatic heterocycles. The molecule has 1 aromatic rings. The van der Waals surface area contributed by atoms with E-state index in [0.717, 1.165) is 32.4 Å². The summed E-state index contributed by atoms with van der Waals surface area (Å²) in [5, 5.41) is 6.17. The zero-order valence-corrected chi connectivity index (χ0v) is 15.2. The summed E-state index contributed by atoms with van der Waals surface area (Å²) in [5.41, 5.74) is 0.612. The van der Waals surface area contributed by atoms with Crippen LogP contribution in [0.1, 0.15) is 31.2 Å². The summed E-state index contributed by atoms with van der Waals surface area (Å²) in [6, 6.07) is 6.79. The molecule has 1 aliphatic heterocycles. The van der Waals surface area contributed by atoms with Gasteiger partial charge in [-0.2, -0.15) is 0 Å². The molecule has 1 aromatic carbocycles. The van der Waals surface area contributed by atoms with Gasteiger partial charge in [-0.3, -0.25) is 4.79 Å². The molecule has 0 unspecified atom stereocenters. The third-order valence-corrected chi connectivity index (χ3v) is 6.36. The number of hydrogen-bond acceptors (Lipinski definition) is 4. The van der Waals surface area contributed by atoms with Crippen LogP contribution < -0.4 is 10.6 Å². The maximum atomic E-state index is 12.3. The van der Waals surface area contributed by atoms with Gasteiger partial charge in [0, 0.05) is 27.1 Å². The Labute approximate surface area is 144 Å². The first-order chi connectivity index (χ1) is 11.4. The Morgan fingerprint density at radius 3 is 2.58 bits per heavy atom. The van der Waals surface area contributed by atoms with Gasteiger partial charge in [0.1, 0.15) is 0 Å². The summed E-state index contributed by atoms with van der Waals surface area (Å²) in [7, 11) is -0.502. The molecule has 1 aliphatic rings. The SMILES string of the molecule is CN(C)S(=O)(=O)c1ccccc1CNC(=O)CCC1CCNCC1. The lowest BCUT2D eigenvalue weighted by Gasteiger charge is -2.22. The van der Waals surface area contributed by atoms with Gasteiger partial charge in [0.15, 0.2) is 0 Å². The van der Waals surface area contributed by atoms with Gasteiger partial charge in [-0.25, -0.2) is 12.7 Å². The first-order valence-electron chi connectivity index (χ1n) is 8.39. The standard InChI is InChI=1S/C17H27N3O3S/c1-20(2)24(22,23)16-6-4-3-5-15(16)13-19-17(21)8-7-14-9-11-18-12-10-14/h3-6,14,18H,7-13H2,1-2H3,(H,19,21). The highest BCUT2D eigenvalue weighted by atomic mass is 32.2. The second kappa shape index (κ2) is 8.60. The third-order valence-electron chi connectivity index (χ3n) is 4.45. The van der Waals surface area contributed by atoms with E-state index in [4.69, 9.17) is 0 Å². The van der Waals surface area contributed by atoms with Crippen LogP contribution >= 0.6 is 0 Å². The molecule has 24 heavy (non-hydrogen) atoms. The number of carbonyl (C=O) groups excluding carboxylic acids is 1. The average molecular weight is 353 g/mol. The largest absolute Gasteiger partial charge is 0.352 e. The molecular weight excluding hydrogens is 326 g/mol. The van der Waals surface area contributed by atoms with Crippen molar-refractivity contribution < 1.29 is 13.2 Å². The van der Waals surface area contributed by atoms with Gasteiger partial charge in [0.05, 0.1) is 4.90 Å². The second-order valence-electron chi connectivity index (χ2n) is 6.40. The van der Waals surface area contributed by atoms with Gasteiger partial charge in [0.2, 0.25) is 15.9 Å². The van der Waals surface area contributed by atoms with Crippen LogP contribution in [0.2, 0.25) is 0 Å². The molecule has 2 rings (SSSR count). The van der Waals surface area contributed by atoms with E-state index in [1.165, 1.54) is 18.4 Å². The summed E-state index contributed by atoms with van der Waals surface area (Å²) < 4.78 is 25.9. The Bertz CT molecular complexity index is 653. The topological polar surface area (TPSA) is 78.5 Å². The second-order valence-corrected chi connectivity index (χ2v) is 8.52. The van der Waals surface area contributed by atoms with Crippen LogP contribution in [0, 0.1) is 5.92 Å². The molecule has 7 heteroatoms. The average Bonchev–Trinajstić information content (AvgIpc) is 2.59. The normalized spacial score (nSPS) is 16.3. The van der Waals surface area contributed by atoms with E-state index in [1.807, 2.05) is 0 Å². The number of sulfonamides is 1. The van der Waals surface area contributed by atoms with Crippen LogP contribution in [0.25, 0.3) is 0 Å². The minimum Gasteiger partial charge on any atom is -0.352 e. The van der Waals surface area contributed by atoms with Crippen LogP contribution in [0.4, 0.5) is 0 Å². The van der Waals surface area contributed by atoms with E-state index >= 15 is 0 Å². The highest BCUT2D eigenvalue weighted by molar-refractivity contribution is 7.89. The van der Waals surface area contributed by atoms with Crippen LogP contribution in [0.15, 0.2) is 29.2 Å². The lowest BCUT2D eigenvalue weighted by molar-refractivity contribution is -0.121. The number of hydrogen-bond donors (Lipinski definition) is 2. The molecule has 1 fully saturated rings. The van der Waals surface area contributed by atoms with Crippen molar-refractivity contribution in [3.8, 4) is 0 Å². The van der Waals surface area contributed by atoms with Crippen LogP contribution in [0.5, 0.6) is 0 Å². The summed E-state index contributed by atoms with van der Waals surface area (Å²) >= 11 is 0. The van der Waals surface area contributed by atoms with Crippen molar-refractivity contribution >= 4 is 15.9 Å². The van der Waals surface area contributed by atoms with Crippen LogP contribution in [0.3, 0.4) is 0 Å². The quantitative estimate of drug-likeness (QED) is 0.775. The summed E-state index contributed by atoms with van der Waals surface area (Å²) in [6.07, 6.45) is 3.63. The fourth-order valence-electron chi connectivity index (χ4n) is 2.89. The van der Waals surface area contributed by atoms with Crippen molar-refractivity contribution in [1.82, 2.24) is 14.9 Å². The molecule has 0 bridgehead atoms. The molecular formula is C17H27N3O3S. The fourth-order valence-corrected chi connectivity index (χ4v) is 4.00. The van der Waals surface area contributed by atoms with Crippen LogP contribution in [-0.4, -0.2) is 45.8 Å². The van der Waals surface area contributed by atoms with Crippen molar-refractivity contribution in [1.29, 1.82) is 0 Å². The number of amides is 1. The molecule has 0 aliphatic carbocycles. The maximum absolute atomic E-state index is 12.3. The smallest absolute Gasteiger partial charge is 0.242 e. The molecule has 1 amide bonds. The number of piperidine rings is 1. The van der Waals surface area contributed by atoms with E-state index in [-0.39, 0.29) is 17.3 Å². The molecule has 6 nitrogen and oxygen atoms in total. The number of nitrogens with one attached hydrogen (secondary N) is 2. The zero-order valence-electron chi connectivity index (χ0n) is 14.4. The Balaban J connectivity index is 1.91. The molecule has 1 saturated heterocycles. The number of rotatable bonds is 7. The van der Waals surface area contributed by atoms with Crippen molar-refractivity contribution in [2.75, 3.05) is 27.2 Å². The van der Waals surface area contributed by atoms with Crippen molar-refractivity contribution in [2.45, 2.75) is 37.1 Å². The number of carbonyl (C=O) groups is 1. The van der Waals surface area contributed by atoms with E-state index in [9.17, 15) is 13.2 Å². The minimum atomic E-state index is -3.51. The van der Waals surface area contributed by atoms with Gasteiger partial charge < -0.3 is 10.6 Å². The first kappa shape index (κ1) is 18.9. The Morgan fingerprint density at radius 2 is 1.92 bits per heavy atom. The Morgan fingerprint density at radius 1 is 1.25 bits per heavy atom.